The Bertz CT molecular complexity index is 689. The molecule has 114 valence electrons. The zero-order valence-electron chi connectivity index (χ0n) is 10.9. The van der Waals surface area contributed by atoms with Crippen molar-refractivity contribution < 1.29 is 23.5 Å². The number of phenolic OH excluding ortho intramolecular Hbond substituents is 1. The highest BCUT2D eigenvalue weighted by Gasteiger charge is 2.17. The van der Waals surface area contributed by atoms with Gasteiger partial charge in [-0.2, -0.15) is 0 Å². The number of anilines is 2. The lowest BCUT2D eigenvalue weighted by Crippen LogP contribution is -2.29. The third kappa shape index (κ3) is 3.70. The van der Waals surface area contributed by atoms with Gasteiger partial charge in [0.1, 0.15) is 17.4 Å². The third-order valence-electron chi connectivity index (χ3n) is 2.59. The molecule has 0 heterocycles. The Labute approximate surface area is 128 Å². The predicted octanol–water partition coefficient (Wildman–Crippen LogP) is 2.90. The predicted molar refractivity (Wildman–Crippen MR) is 76.7 cm³/mol. The quantitative estimate of drug-likeness (QED) is 0.586. The van der Waals surface area contributed by atoms with Crippen molar-refractivity contribution in [3.8, 4) is 5.75 Å². The van der Waals surface area contributed by atoms with Crippen molar-refractivity contribution in [3.63, 3.8) is 0 Å². The van der Waals surface area contributed by atoms with Crippen LogP contribution in [0.2, 0.25) is 5.02 Å². The molecular weight excluding hydrogens is 318 g/mol. The summed E-state index contributed by atoms with van der Waals surface area (Å²) in [6.07, 6.45) is 0. The molecule has 2 amide bonds. The lowest BCUT2D eigenvalue weighted by Gasteiger charge is -2.09. The highest BCUT2D eigenvalue weighted by molar-refractivity contribution is 6.44. The number of carbonyl (C=O) groups is 2. The highest BCUT2D eigenvalue weighted by Crippen LogP contribution is 2.26. The summed E-state index contributed by atoms with van der Waals surface area (Å²) in [5.41, 5.74) is -0.567. The molecule has 0 aliphatic rings. The summed E-state index contributed by atoms with van der Waals surface area (Å²) >= 11 is 5.69. The average molecular weight is 327 g/mol. The van der Waals surface area contributed by atoms with Crippen molar-refractivity contribution in [3.05, 3.63) is 53.1 Å². The van der Waals surface area contributed by atoms with E-state index in [1.54, 1.807) is 0 Å². The van der Waals surface area contributed by atoms with E-state index in [2.05, 4.69) is 5.32 Å². The summed E-state index contributed by atoms with van der Waals surface area (Å²) in [4.78, 5) is 23.3. The first kappa shape index (κ1) is 15.7. The Kier molecular flexibility index (Phi) is 4.57. The molecule has 2 aromatic carbocycles. The van der Waals surface area contributed by atoms with Gasteiger partial charge in [0.05, 0.1) is 11.4 Å². The molecule has 0 spiro atoms. The van der Waals surface area contributed by atoms with Gasteiger partial charge in [-0.3, -0.25) is 9.59 Å². The van der Waals surface area contributed by atoms with Crippen LogP contribution >= 0.6 is 11.6 Å². The number of hydrogen-bond acceptors (Lipinski definition) is 3. The van der Waals surface area contributed by atoms with E-state index in [1.807, 2.05) is 5.32 Å². The van der Waals surface area contributed by atoms with Crippen LogP contribution in [0.1, 0.15) is 0 Å². The van der Waals surface area contributed by atoms with Crippen LogP contribution in [-0.2, 0) is 9.59 Å². The van der Waals surface area contributed by atoms with E-state index in [-0.39, 0.29) is 16.5 Å². The van der Waals surface area contributed by atoms with Gasteiger partial charge in [0, 0.05) is 11.1 Å². The molecule has 0 radical (unpaired) electrons. The monoisotopic (exact) mass is 326 g/mol. The number of rotatable bonds is 2. The van der Waals surface area contributed by atoms with Gasteiger partial charge in [0.2, 0.25) is 0 Å². The molecule has 0 saturated carbocycles. The maximum Gasteiger partial charge on any atom is 0.314 e. The van der Waals surface area contributed by atoms with Gasteiger partial charge in [-0.15, -0.1) is 0 Å². The lowest BCUT2D eigenvalue weighted by molar-refractivity contribution is -0.133. The summed E-state index contributed by atoms with van der Waals surface area (Å²) in [7, 11) is 0. The van der Waals surface area contributed by atoms with Gasteiger partial charge in [-0.1, -0.05) is 11.6 Å². The molecule has 0 bridgehead atoms. The number of phenols is 1. The van der Waals surface area contributed by atoms with Crippen LogP contribution in [0.4, 0.5) is 20.2 Å². The standard InChI is InChI=1S/C14H9ClF2N2O3/c15-7-1-4-12(20)11(5-7)19-14(22)13(21)18-10-6-8(16)2-3-9(10)17/h1-6,20H,(H,18,21)(H,19,22). The van der Waals surface area contributed by atoms with Gasteiger partial charge in [0.15, 0.2) is 0 Å². The molecule has 2 aromatic rings. The van der Waals surface area contributed by atoms with E-state index in [0.29, 0.717) is 0 Å². The third-order valence-corrected chi connectivity index (χ3v) is 2.82. The molecule has 2 rings (SSSR count). The highest BCUT2D eigenvalue weighted by atomic mass is 35.5. The minimum atomic E-state index is -1.23. The second-order valence-corrected chi connectivity index (χ2v) is 4.63. The number of carbonyl (C=O) groups excluding carboxylic acids is 2. The molecule has 0 saturated heterocycles. The van der Waals surface area contributed by atoms with E-state index < -0.39 is 29.1 Å². The van der Waals surface area contributed by atoms with Crippen molar-refractivity contribution in [2.45, 2.75) is 0 Å². The van der Waals surface area contributed by atoms with Crippen molar-refractivity contribution >= 4 is 34.8 Å². The summed E-state index contributed by atoms with van der Waals surface area (Å²) < 4.78 is 26.3. The number of nitrogens with one attached hydrogen (secondary N) is 2. The Morgan fingerprint density at radius 2 is 1.59 bits per heavy atom. The molecule has 0 unspecified atom stereocenters. The van der Waals surface area contributed by atoms with Crippen LogP contribution in [0, 0.1) is 11.6 Å². The Hall–Kier alpha value is -2.67. The van der Waals surface area contributed by atoms with Gasteiger partial charge in [-0.05, 0) is 30.3 Å². The topological polar surface area (TPSA) is 78.4 Å². The molecule has 22 heavy (non-hydrogen) atoms. The maximum atomic E-state index is 13.4. The Morgan fingerprint density at radius 3 is 2.27 bits per heavy atom. The molecule has 8 heteroatoms. The molecule has 3 N–H and O–H groups in total. The van der Waals surface area contributed by atoms with Crippen LogP contribution in [0.3, 0.4) is 0 Å². The van der Waals surface area contributed by atoms with Crippen LogP contribution < -0.4 is 10.6 Å². The second kappa shape index (κ2) is 6.40. The fraction of sp³-hybridized carbons (Fsp3) is 0. The number of hydrogen-bond donors (Lipinski definition) is 3. The first-order valence-corrected chi connectivity index (χ1v) is 6.30. The second-order valence-electron chi connectivity index (χ2n) is 4.19. The van der Waals surface area contributed by atoms with Crippen LogP contribution in [-0.4, -0.2) is 16.9 Å². The van der Waals surface area contributed by atoms with Crippen molar-refractivity contribution in [1.29, 1.82) is 0 Å². The van der Waals surface area contributed by atoms with Crippen molar-refractivity contribution in [1.82, 2.24) is 0 Å². The molecule has 0 aliphatic carbocycles. The van der Waals surface area contributed by atoms with E-state index >= 15 is 0 Å². The Morgan fingerprint density at radius 1 is 0.955 bits per heavy atom. The Balaban J connectivity index is 2.11. The summed E-state index contributed by atoms with van der Waals surface area (Å²) in [6.45, 7) is 0. The molecule has 0 fully saturated rings. The molecule has 0 aromatic heterocycles. The zero-order chi connectivity index (χ0) is 16.3. The molecule has 0 atom stereocenters. The normalized spacial score (nSPS) is 10.1. The minimum Gasteiger partial charge on any atom is -0.506 e. The van der Waals surface area contributed by atoms with E-state index in [4.69, 9.17) is 11.6 Å². The average Bonchev–Trinajstić information content (AvgIpc) is 2.46. The van der Waals surface area contributed by atoms with E-state index in [0.717, 1.165) is 18.2 Å². The van der Waals surface area contributed by atoms with Crippen LogP contribution in [0.15, 0.2) is 36.4 Å². The van der Waals surface area contributed by atoms with Gasteiger partial charge in [-0.25, -0.2) is 8.78 Å². The minimum absolute atomic E-state index is 0.0904. The fourth-order valence-corrected chi connectivity index (χ4v) is 1.73. The summed E-state index contributed by atoms with van der Waals surface area (Å²) in [5.74, 6) is -4.38. The first-order chi connectivity index (χ1) is 10.4. The van der Waals surface area contributed by atoms with Gasteiger partial charge >= 0.3 is 11.8 Å². The zero-order valence-corrected chi connectivity index (χ0v) is 11.6. The van der Waals surface area contributed by atoms with Gasteiger partial charge in [0.25, 0.3) is 0 Å². The molecular formula is C14H9ClF2N2O3. The largest absolute Gasteiger partial charge is 0.506 e. The van der Waals surface area contributed by atoms with Crippen LogP contribution in [0.5, 0.6) is 5.75 Å². The van der Waals surface area contributed by atoms with Crippen molar-refractivity contribution in [2.24, 2.45) is 0 Å². The molecule has 5 nitrogen and oxygen atoms in total. The summed E-state index contributed by atoms with van der Waals surface area (Å²) in [6, 6.07) is 6.25. The van der Waals surface area contributed by atoms with E-state index in [9.17, 15) is 23.5 Å². The van der Waals surface area contributed by atoms with Crippen LogP contribution in [0.25, 0.3) is 0 Å². The fourth-order valence-electron chi connectivity index (χ4n) is 1.56. The summed E-state index contributed by atoms with van der Waals surface area (Å²) in [5, 5.41) is 13.8. The number of amides is 2. The number of aromatic hydroxyl groups is 1. The van der Waals surface area contributed by atoms with Gasteiger partial charge < -0.3 is 15.7 Å². The lowest BCUT2D eigenvalue weighted by atomic mass is 10.2. The van der Waals surface area contributed by atoms with Crippen molar-refractivity contribution in [2.75, 3.05) is 10.6 Å². The maximum absolute atomic E-state index is 13.4. The SMILES string of the molecule is O=C(Nc1cc(Cl)ccc1O)C(=O)Nc1cc(F)ccc1F. The number of benzene rings is 2. The molecule has 0 aliphatic heterocycles. The number of halogens is 3. The first-order valence-electron chi connectivity index (χ1n) is 5.92. The van der Waals surface area contributed by atoms with E-state index in [1.165, 1.54) is 18.2 Å². The smallest absolute Gasteiger partial charge is 0.314 e.